The lowest BCUT2D eigenvalue weighted by atomic mass is 9.53. The van der Waals surface area contributed by atoms with E-state index in [0.717, 1.165) is 18.6 Å². The van der Waals surface area contributed by atoms with Crippen molar-refractivity contribution in [2.75, 3.05) is 7.11 Å². The van der Waals surface area contributed by atoms with Gasteiger partial charge in [-0.3, -0.25) is 4.79 Å². The normalized spacial score (nSPS) is 38.4. The van der Waals surface area contributed by atoms with Crippen molar-refractivity contribution in [3.05, 3.63) is 42.0 Å². The summed E-state index contributed by atoms with van der Waals surface area (Å²) in [6.07, 6.45) is 7.40. The summed E-state index contributed by atoms with van der Waals surface area (Å²) in [6, 6.07) is 6.44. The molecule has 0 bridgehead atoms. The highest BCUT2D eigenvalue weighted by Crippen LogP contribution is 2.61. The van der Waals surface area contributed by atoms with E-state index >= 15 is 0 Å². The van der Waals surface area contributed by atoms with Gasteiger partial charge in [-0.25, -0.2) is 0 Å². The minimum atomic E-state index is -0.160. The molecule has 4 rings (SSSR count). The molecule has 2 fully saturated rings. The number of carbonyl (C=O) groups excluding carboxylic acids is 1. The molecule has 2 saturated carbocycles. The molecule has 0 amide bonds. The summed E-state index contributed by atoms with van der Waals surface area (Å²) in [5.74, 6) is 3.38. The summed E-state index contributed by atoms with van der Waals surface area (Å²) in [7, 11) is 1.72. The zero-order valence-corrected chi connectivity index (χ0v) is 14.2. The van der Waals surface area contributed by atoms with Crippen molar-refractivity contribution in [1.82, 2.24) is 0 Å². The van der Waals surface area contributed by atoms with Crippen molar-refractivity contribution in [3.8, 4) is 5.75 Å². The first-order valence-electron chi connectivity index (χ1n) is 8.92. The fourth-order valence-electron chi connectivity index (χ4n) is 5.87. The number of allylic oxidation sites excluding steroid dienone is 1. The number of Topliss-reactive ketones (excluding diaryl/α,β-unsaturated/α-hetero) is 1. The summed E-state index contributed by atoms with van der Waals surface area (Å²) < 4.78 is 5.37. The number of rotatable bonds is 2. The Morgan fingerprint density at radius 1 is 1.30 bits per heavy atom. The fraction of sp³-hybridized carbons (Fsp3) is 0.571. The van der Waals surface area contributed by atoms with Crippen molar-refractivity contribution >= 4 is 5.78 Å². The zero-order chi connectivity index (χ0) is 16.2. The Balaban J connectivity index is 1.73. The van der Waals surface area contributed by atoms with Crippen molar-refractivity contribution < 1.29 is 9.53 Å². The molecule has 0 aliphatic heterocycles. The van der Waals surface area contributed by atoms with E-state index < -0.39 is 0 Å². The summed E-state index contributed by atoms with van der Waals surface area (Å²) in [4.78, 5) is 13.1. The van der Waals surface area contributed by atoms with Crippen LogP contribution >= 0.6 is 0 Å². The van der Waals surface area contributed by atoms with Crippen molar-refractivity contribution in [2.24, 2.45) is 23.2 Å². The predicted molar refractivity (Wildman–Crippen MR) is 91.7 cm³/mol. The second-order valence-corrected chi connectivity index (χ2v) is 7.81. The molecule has 0 unspecified atom stereocenters. The van der Waals surface area contributed by atoms with Crippen LogP contribution in [-0.4, -0.2) is 12.9 Å². The lowest BCUT2D eigenvalue weighted by Crippen LogP contribution is -2.48. The Morgan fingerprint density at radius 3 is 2.87 bits per heavy atom. The largest absolute Gasteiger partial charge is 0.497 e. The van der Waals surface area contributed by atoms with Crippen molar-refractivity contribution in [3.63, 3.8) is 0 Å². The lowest BCUT2D eigenvalue weighted by Gasteiger charge is -2.49. The van der Waals surface area contributed by atoms with Crippen LogP contribution in [0.15, 0.2) is 30.9 Å². The summed E-state index contributed by atoms with van der Waals surface area (Å²) in [6.45, 7) is 6.23. The molecule has 122 valence electrons. The molecule has 0 heterocycles. The third-order valence-electron chi connectivity index (χ3n) is 7.15. The molecule has 2 nitrogen and oxygen atoms in total. The third kappa shape index (κ3) is 1.96. The number of ether oxygens (including phenoxy) is 1. The van der Waals surface area contributed by atoms with Crippen LogP contribution in [0.1, 0.15) is 49.7 Å². The Hall–Kier alpha value is -1.57. The molecule has 2 heteroatoms. The predicted octanol–water partition coefficient (Wildman–Crippen LogP) is 4.53. The molecule has 0 saturated heterocycles. The number of carbonyl (C=O) groups is 1. The van der Waals surface area contributed by atoms with E-state index in [1.807, 2.05) is 6.08 Å². The molecule has 0 spiro atoms. The summed E-state index contributed by atoms with van der Waals surface area (Å²) >= 11 is 0. The van der Waals surface area contributed by atoms with Gasteiger partial charge in [0, 0.05) is 11.8 Å². The number of benzene rings is 1. The van der Waals surface area contributed by atoms with Gasteiger partial charge < -0.3 is 4.74 Å². The Kier molecular flexibility index (Phi) is 3.40. The van der Waals surface area contributed by atoms with E-state index in [4.69, 9.17) is 4.74 Å². The van der Waals surface area contributed by atoms with Crippen LogP contribution in [0.25, 0.3) is 0 Å². The first-order chi connectivity index (χ1) is 11.1. The maximum absolute atomic E-state index is 13.1. The Labute approximate surface area is 138 Å². The van der Waals surface area contributed by atoms with Crippen molar-refractivity contribution in [1.29, 1.82) is 0 Å². The molecule has 1 aromatic carbocycles. The molecular formula is C21H26O2. The number of hydrogen-bond acceptors (Lipinski definition) is 2. The first-order valence-corrected chi connectivity index (χ1v) is 8.92. The van der Waals surface area contributed by atoms with E-state index in [2.05, 4.69) is 31.7 Å². The molecule has 3 aliphatic carbocycles. The van der Waals surface area contributed by atoms with Crippen molar-refractivity contribution in [2.45, 2.75) is 44.9 Å². The van der Waals surface area contributed by atoms with E-state index in [0.29, 0.717) is 35.9 Å². The zero-order valence-electron chi connectivity index (χ0n) is 14.2. The van der Waals surface area contributed by atoms with Crippen LogP contribution in [-0.2, 0) is 11.2 Å². The smallest absolute Gasteiger partial charge is 0.140 e. The summed E-state index contributed by atoms with van der Waals surface area (Å²) in [5, 5.41) is 0. The SMILES string of the molecule is C=C[C@H]1CC[C@H]2[C@@H]3CCc4cc(OC)ccc4[C@@H]3CC(=O)[C@]12C. The maximum Gasteiger partial charge on any atom is 0.140 e. The van der Waals surface area contributed by atoms with Gasteiger partial charge in [-0.2, -0.15) is 0 Å². The Bertz CT molecular complexity index is 662. The van der Waals surface area contributed by atoms with Crippen LogP contribution in [0.5, 0.6) is 5.75 Å². The van der Waals surface area contributed by atoms with Crippen LogP contribution < -0.4 is 4.74 Å². The average molecular weight is 310 g/mol. The molecule has 0 aromatic heterocycles. The van der Waals surface area contributed by atoms with Gasteiger partial charge in [-0.05, 0) is 72.6 Å². The van der Waals surface area contributed by atoms with Gasteiger partial charge in [0.2, 0.25) is 0 Å². The van der Waals surface area contributed by atoms with Crippen LogP contribution in [0.3, 0.4) is 0 Å². The first kappa shape index (κ1) is 15.0. The van der Waals surface area contributed by atoms with Gasteiger partial charge in [0.15, 0.2) is 0 Å². The van der Waals surface area contributed by atoms with Crippen LogP contribution in [0.4, 0.5) is 0 Å². The molecule has 23 heavy (non-hydrogen) atoms. The topological polar surface area (TPSA) is 26.3 Å². The minimum absolute atomic E-state index is 0.160. The van der Waals surface area contributed by atoms with E-state index in [1.165, 1.54) is 24.0 Å². The van der Waals surface area contributed by atoms with Crippen LogP contribution in [0, 0.1) is 23.2 Å². The van der Waals surface area contributed by atoms with Gasteiger partial charge in [0.25, 0.3) is 0 Å². The monoisotopic (exact) mass is 310 g/mol. The average Bonchev–Trinajstić information content (AvgIpc) is 2.92. The van der Waals surface area contributed by atoms with Gasteiger partial charge in [-0.15, -0.1) is 6.58 Å². The highest BCUT2D eigenvalue weighted by atomic mass is 16.5. The lowest BCUT2D eigenvalue weighted by molar-refractivity contribution is -0.138. The molecule has 0 radical (unpaired) electrons. The van der Waals surface area contributed by atoms with Gasteiger partial charge in [-0.1, -0.05) is 19.1 Å². The number of fused-ring (bicyclic) bond motifs is 5. The van der Waals surface area contributed by atoms with Gasteiger partial charge in [0.1, 0.15) is 11.5 Å². The van der Waals surface area contributed by atoms with Gasteiger partial charge in [0.05, 0.1) is 7.11 Å². The quantitative estimate of drug-likeness (QED) is 0.750. The summed E-state index contributed by atoms with van der Waals surface area (Å²) in [5.41, 5.74) is 2.63. The Morgan fingerprint density at radius 2 is 2.13 bits per heavy atom. The second-order valence-electron chi connectivity index (χ2n) is 7.81. The highest BCUT2D eigenvalue weighted by molar-refractivity contribution is 5.88. The fourth-order valence-corrected chi connectivity index (χ4v) is 5.87. The molecule has 3 aliphatic rings. The second kappa shape index (κ2) is 5.22. The molecule has 0 N–H and O–H groups in total. The number of methoxy groups -OCH3 is 1. The number of aryl methyl sites for hydroxylation is 1. The number of ketones is 1. The van der Waals surface area contributed by atoms with E-state index in [9.17, 15) is 4.79 Å². The molecular weight excluding hydrogens is 284 g/mol. The minimum Gasteiger partial charge on any atom is -0.497 e. The third-order valence-corrected chi connectivity index (χ3v) is 7.15. The van der Waals surface area contributed by atoms with Crippen LogP contribution in [0.2, 0.25) is 0 Å². The van der Waals surface area contributed by atoms with Gasteiger partial charge >= 0.3 is 0 Å². The maximum atomic E-state index is 13.1. The van der Waals surface area contributed by atoms with E-state index in [1.54, 1.807) is 7.11 Å². The van der Waals surface area contributed by atoms with E-state index in [-0.39, 0.29) is 5.41 Å². The highest BCUT2D eigenvalue weighted by Gasteiger charge is 2.58. The standard InChI is InChI=1S/C21H26O2/c1-4-14-6-10-19-17-8-5-13-11-15(23-3)7-9-16(13)18(17)12-20(22)21(14,19)2/h4,7,9,11,14,17-19H,1,5-6,8,10,12H2,2-3H3/t14-,17+,18-,19-,21+/m0/s1. The molecule has 1 aromatic rings. The molecule has 5 atom stereocenters. The number of hydrogen-bond donors (Lipinski definition) is 0.